The van der Waals surface area contributed by atoms with E-state index in [-0.39, 0.29) is 23.8 Å². The summed E-state index contributed by atoms with van der Waals surface area (Å²) in [5.74, 6) is 0.799. The van der Waals surface area contributed by atoms with Crippen molar-refractivity contribution in [2.45, 2.75) is 78.2 Å². The standard InChI is InChI=1S/C20H37NO4/c1-4-12-24-14-6-15-25-13-5-7-19(22)21-18-10-8-17(9-11-18)20(23)16(2)3/h16-18H,4-15H2,1-3H3,(H,21,22). The SMILES string of the molecule is CCCOCCCOCCCC(=O)NC1CCC(C(=O)C(C)C)CC1. The molecule has 1 fully saturated rings. The van der Waals surface area contributed by atoms with Crippen molar-refractivity contribution in [2.24, 2.45) is 11.8 Å². The molecule has 1 N–H and O–H groups in total. The van der Waals surface area contributed by atoms with Gasteiger partial charge in [-0.15, -0.1) is 0 Å². The molecule has 5 nitrogen and oxygen atoms in total. The monoisotopic (exact) mass is 355 g/mol. The Kier molecular flexibility index (Phi) is 11.7. The molecule has 0 aromatic heterocycles. The summed E-state index contributed by atoms with van der Waals surface area (Å²) in [4.78, 5) is 24.0. The molecule has 146 valence electrons. The minimum Gasteiger partial charge on any atom is -0.381 e. The zero-order valence-corrected chi connectivity index (χ0v) is 16.4. The summed E-state index contributed by atoms with van der Waals surface area (Å²) in [6, 6.07) is 0.236. The van der Waals surface area contributed by atoms with Crippen LogP contribution in [0.4, 0.5) is 0 Å². The Morgan fingerprint density at radius 3 is 2.16 bits per heavy atom. The van der Waals surface area contributed by atoms with Crippen LogP contribution in [-0.2, 0) is 19.1 Å². The molecule has 0 aromatic rings. The summed E-state index contributed by atoms with van der Waals surface area (Å²) in [6.07, 6.45) is 6.87. The third kappa shape index (κ3) is 9.95. The number of amides is 1. The number of hydrogen-bond acceptors (Lipinski definition) is 4. The number of Topliss-reactive ketones (excluding diaryl/α,β-unsaturated/α-hetero) is 1. The van der Waals surface area contributed by atoms with Gasteiger partial charge in [0.05, 0.1) is 0 Å². The molecule has 1 rings (SSSR count). The molecular weight excluding hydrogens is 318 g/mol. The maximum atomic E-state index is 12.0. The molecule has 0 unspecified atom stereocenters. The summed E-state index contributed by atoms with van der Waals surface area (Å²) < 4.78 is 10.9. The molecule has 0 spiro atoms. The predicted molar refractivity (Wildman–Crippen MR) is 99.5 cm³/mol. The number of carbonyl (C=O) groups is 2. The van der Waals surface area contributed by atoms with E-state index < -0.39 is 0 Å². The average Bonchev–Trinajstić information content (AvgIpc) is 2.60. The molecule has 0 atom stereocenters. The fourth-order valence-corrected chi connectivity index (χ4v) is 3.24. The van der Waals surface area contributed by atoms with Gasteiger partial charge in [-0.25, -0.2) is 0 Å². The van der Waals surface area contributed by atoms with Crippen molar-refractivity contribution in [3.8, 4) is 0 Å². The highest BCUT2D eigenvalue weighted by molar-refractivity contribution is 5.83. The van der Waals surface area contributed by atoms with Crippen LogP contribution in [0.25, 0.3) is 0 Å². The Bertz CT molecular complexity index is 376. The van der Waals surface area contributed by atoms with Crippen molar-refractivity contribution in [1.82, 2.24) is 5.32 Å². The molecular formula is C20H37NO4. The van der Waals surface area contributed by atoms with Crippen LogP contribution in [0.2, 0.25) is 0 Å². The van der Waals surface area contributed by atoms with E-state index in [1.165, 1.54) is 0 Å². The van der Waals surface area contributed by atoms with Gasteiger partial charge in [-0.3, -0.25) is 9.59 Å². The predicted octanol–water partition coefficient (Wildman–Crippen LogP) is 3.50. The van der Waals surface area contributed by atoms with Gasteiger partial charge in [-0.1, -0.05) is 20.8 Å². The number of hydrogen-bond donors (Lipinski definition) is 1. The van der Waals surface area contributed by atoms with E-state index in [0.29, 0.717) is 25.4 Å². The van der Waals surface area contributed by atoms with Crippen molar-refractivity contribution in [1.29, 1.82) is 0 Å². The summed E-state index contributed by atoms with van der Waals surface area (Å²) >= 11 is 0. The van der Waals surface area contributed by atoms with Crippen molar-refractivity contribution < 1.29 is 19.1 Å². The van der Waals surface area contributed by atoms with Crippen molar-refractivity contribution in [2.75, 3.05) is 26.4 Å². The van der Waals surface area contributed by atoms with E-state index in [0.717, 1.165) is 58.2 Å². The molecule has 1 amide bonds. The quantitative estimate of drug-likeness (QED) is 0.514. The first-order valence-electron chi connectivity index (χ1n) is 10.0. The lowest BCUT2D eigenvalue weighted by atomic mass is 9.80. The maximum absolute atomic E-state index is 12.0. The van der Waals surface area contributed by atoms with Gasteiger partial charge in [0, 0.05) is 50.7 Å². The highest BCUT2D eigenvalue weighted by atomic mass is 16.5. The lowest BCUT2D eigenvalue weighted by Crippen LogP contribution is -2.39. The number of nitrogens with one attached hydrogen (secondary N) is 1. The van der Waals surface area contributed by atoms with E-state index in [2.05, 4.69) is 12.2 Å². The van der Waals surface area contributed by atoms with Crippen molar-refractivity contribution in [3.05, 3.63) is 0 Å². The maximum Gasteiger partial charge on any atom is 0.220 e. The van der Waals surface area contributed by atoms with Crippen molar-refractivity contribution >= 4 is 11.7 Å². The molecule has 0 aliphatic heterocycles. The van der Waals surface area contributed by atoms with Crippen molar-refractivity contribution in [3.63, 3.8) is 0 Å². The fourth-order valence-electron chi connectivity index (χ4n) is 3.24. The van der Waals surface area contributed by atoms with Gasteiger partial charge in [0.2, 0.25) is 5.91 Å². The van der Waals surface area contributed by atoms with Crippen LogP contribution in [0.1, 0.15) is 72.1 Å². The molecule has 1 saturated carbocycles. The smallest absolute Gasteiger partial charge is 0.220 e. The topological polar surface area (TPSA) is 64.6 Å². The van der Waals surface area contributed by atoms with Gasteiger partial charge in [0.15, 0.2) is 0 Å². The van der Waals surface area contributed by atoms with Crippen LogP contribution < -0.4 is 5.32 Å². The molecule has 1 aliphatic rings. The van der Waals surface area contributed by atoms with Gasteiger partial charge in [0.1, 0.15) is 5.78 Å². The van der Waals surface area contributed by atoms with Gasteiger partial charge in [-0.2, -0.15) is 0 Å². The first-order chi connectivity index (χ1) is 12.0. The van der Waals surface area contributed by atoms with E-state index in [1.807, 2.05) is 13.8 Å². The Hall–Kier alpha value is -0.940. The van der Waals surface area contributed by atoms with Gasteiger partial charge >= 0.3 is 0 Å². The van der Waals surface area contributed by atoms with E-state index in [1.54, 1.807) is 0 Å². The van der Waals surface area contributed by atoms with E-state index >= 15 is 0 Å². The lowest BCUT2D eigenvalue weighted by Gasteiger charge is -2.29. The Morgan fingerprint density at radius 2 is 1.56 bits per heavy atom. The molecule has 0 heterocycles. The molecule has 5 heteroatoms. The zero-order chi connectivity index (χ0) is 18.5. The second-order valence-corrected chi connectivity index (χ2v) is 7.35. The van der Waals surface area contributed by atoms with E-state index in [9.17, 15) is 9.59 Å². The van der Waals surface area contributed by atoms with Gasteiger partial charge in [0.25, 0.3) is 0 Å². The van der Waals surface area contributed by atoms with Crippen LogP contribution in [0.5, 0.6) is 0 Å². The number of ether oxygens (including phenoxy) is 2. The van der Waals surface area contributed by atoms with E-state index in [4.69, 9.17) is 9.47 Å². The van der Waals surface area contributed by atoms with Crippen LogP contribution in [0.15, 0.2) is 0 Å². The van der Waals surface area contributed by atoms with Crippen LogP contribution in [-0.4, -0.2) is 44.2 Å². The number of rotatable bonds is 13. The zero-order valence-electron chi connectivity index (χ0n) is 16.4. The summed E-state index contributed by atoms with van der Waals surface area (Å²) in [6.45, 7) is 8.91. The molecule has 0 saturated heterocycles. The highest BCUT2D eigenvalue weighted by Crippen LogP contribution is 2.27. The Morgan fingerprint density at radius 1 is 0.960 bits per heavy atom. The fraction of sp³-hybridized carbons (Fsp3) is 0.900. The molecule has 25 heavy (non-hydrogen) atoms. The largest absolute Gasteiger partial charge is 0.381 e. The second-order valence-electron chi connectivity index (χ2n) is 7.35. The average molecular weight is 356 g/mol. The summed E-state index contributed by atoms with van der Waals surface area (Å²) in [5, 5.41) is 3.11. The lowest BCUT2D eigenvalue weighted by molar-refractivity contribution is -0.127. The summed E-state index contributed by atoms with van der Waals surface area (Å²) in [5.41, 5.74) is 0. The minimum atomic E-state index is 0.105. The first-order valence-corrected chi connectivity index (χ1v) is 10.0. The minimum absolute atomic E-state index is 0.105. The Labute approximate surface area is 153 Å². The van der Waals surface area contributed by atoms with Crippen LogP contribution in [0.3, 0.4) is 0 Å². The molecule has 1 aliphatic carbocycles. The van der Waals surface area contributed by atoms with Gasteiger partial charge < -0.3 is 14.8 Å². The molecule has 0 radical (unpaired) electrons. The third-order valence-electron chi connectivity index (χ3n) is 4.68. The first kappa shape index (κ1) is 22.1. The van der Waals surface area contributed by atoms with Gasteiger partial charge in [-0.05, 0) is 44.9 Å². The number of ketones is 1. The number of carbonyl (C=O) groups excluding carboxylic acids is 2. The molecule has 0 bridgehead atoms. The molecule has 0 aromatic carbocycles. The Balaban J connectivity index is 2.00. The second kappa shape index (κ2) is 13.3. The normalized spacial score (nSPS) is 20.6. The summed E-state index contributed by atoms with van der Waals surface area (Å²) in [7, 11) is 0. The van der Waals surface area contributed by atoms with Crippen LogP contribution in [0, 0.1) is 11.8 Å². The van der Waals surface area contributed by atoms with Crippen LogP contribution >= 0.6 is 0 Å². The highest BCUT2D eigenvalue weighted by Gasteiger charge is 2.27. The third-order valence-corrected chi connectivity index (χ3v) is 4.68.